The van der Waals surface area contributed by atoms with Crippen molar-refractivity contribution in [3.63, 3.8) is 0 Å². The first-order valence-corrected chi connectivity index (χ1v) is 9.27. The number of carboxylic acids is 1. The van der Waals surface area contributed by atoms with Gasteiger partial charge in [0.05, 0.1) is 19.1 Å². The Bertz CT molecular complexity index is 957. The predicted octanol–water partition coefficient (Wildman–Crippen LogP) is 3.68. The zero-order valence-corrected chi connectivity index (χ0v) is 16.8. The van der Waals surface area contributed by atoms with Crippen molar-refractivity contribution >= 4 is 16.7 Å². The zero-order valence-electron chi connectivity index (χ0n) is 16.8. The second-order valence-electron chi connectivity index (χ2n) is 6.70. The van der Waals surface area contributed by atoms with Crippen LogP contribution in [0, 0.1) is 0 Å². The first kappa shape index (κ1) is 22.2. The number of phenols is 1. The molecule has 6 heteroatoms. The summed E-state index contributed by atoms with van der Waals surface area (Å²) in [5, 5.41) is 32.5. The Morgan fingerprint density at radius 2 is 1.72 bits per heavy atom. The number of nitrogens with one attached hydrogen (secondary N) is 1. The highest BCUT2D eigenvalue weighted by Crippen LogP contribution is 2.25. The third-order valence-corrected chi connectivity index (χ3v) is 4.59. The molecular weight excluding hydrogens is 370 g/mol. The minimum absolute atomic E-state index is 0.183. The van der Waals surface area contributed by atoms with Crippen molar-refractivity contribution in [3.8, 4) is 11.5 Å². The van der Waals surface area contributed by atoms with Crippen LogP contribution in [0.3, 0.4) is 0 Å². The normalized spacial score (nSPS) is 12.6. The molecule has 0 aliphatic rings. The maximum Gasteiger partial charge on any atom is 0.310 e. The summed E-state index contributed by atoms with van der Waals surface area (Å²) in [6.07, 6.45) is -0.554. The molecule has 0 saturated heterocycles. The van der Waals surface area contributed by atoms with Crippen molar-refractivity contribution in [1.82, 2.24) is 5.32 Å². The molecule has 0 fully saturated rings. The van der Waals surface area contributed by atoms with E-state index in [0.717, 1.165) is 27.6 Å². The van der Waals surface area contributed by atoms with E-state index in [4.69, 9.17) is 14.9 Å². The smallest absolute Gasteiger partial charge is 0.310 e. The lowest BCUT2D eigenvalue weighted by atomic mass is 9.98. The van der Waals surface area contributed by atoms with E-state index in [1.165, 1.54) is 0 Å². The second kappa shape index (κ2) is 10.5. The van der Waals surface area contributed by atoms with Crippen molar-refractivity contribution in [3.05, 3.63) is 71.8 Å². The zero-order chi connectivity index (χ0) is 21.4. The number of methoxy groups -OCH3 is 1. The number of benzene rings is 3. The molecule has 0 unspecified atom stereocenters. The molecule has 0 amide bonds. The Morgan fingerprint density at radius 3 is 2.34 bits per heavy atom. The number of rotatable bonds is 6. The van der Waals surface area contributed by atoms with Crippen LogP contribution in [0.25, 0.3) is 10.8 Å². The molecule has 29 heavy (non-hydrogen) atoms. The molecule has 6 nitrogen and oxygen atoms in total. The number of ether oxygens (including phenoxy) is 1. The van der Waals surface area contributed by atoms with Gasteiger partial charge in [-0.15, -0.1) is 0 Å². The number of carboxylic acid groups (broad SMARTS) is 1. The molecular formula is C23H27NO5. The number of hydrogen-bond acceptors (Lipinski definition) is 5. The third kappa shape index (κ3) is 6.20. The Hall–Kier alpha value is -3.09. The van der Waals surface area contributed by atoms with Gasteiger partial charge in [0, 0.05) is 6.54 Å². The molecule has 4 N–H and O–H groups in total. The topological polar surface area (TPSA) is 99.0 Å². The summed E-state index contributed by atoms with van der Waals surface area (Å²) in [4.78, 5) is 10.9. The number of hydrogen-bond donors (Lipinski definition) is 4. The highest BCUT2D eigenvalue weighted by atomic mass is 16.5. The lowest BCUT2D eigenvalue weighted by Gasteiger charge is -2.09. The lowest BCUT2D eigenvalue weighted by molar-refractivity contribution is -0.138. The van der Waals surface area contributed by atoms with Crippen LogP contribution in [0.1, 0.15) is 30.1 Å². The molecule has 0 spiro atoms. The van der Waals surface area contributed by atoms with Crippen molar-refractivity contribution < 1.29 is 24.9 Å². The van der Waals surface area contributed by atoms with E-state index in [1.807, 2.05) is 36.4 Å². The summed E-state index contributed by atoms with van der Waals surface area (Å²) in [5.74, 6) is -0.307. The molecule has 3 rings (SSSR count). The van der Waals surface area contributed by atoms with Gasteiger partial charge in [0.25, 0.3) is 0 Å². The third-order valence-electron chi connectivity index (χ3n) is 4.59. The molecule has 0 aliphatic carbocycles. The minimum Gasteiger partial charge on any atom is -0.508 e. The van der Waals surface area contributed by atoms with E-state index in [2.05, 4.69) is 5.32 Å². The van der Waals surface area contributed by atoms with E-state index in [-0.39, 0.29) is 5.75 Å². The van der Waals surface area contributed by atoms with Crippen LogP contribution in [0.4, 0.5) is 0 Å². The number of likely N-dealkylation sites (N-methyl/N-ethyl adjacent to an activating group) is 1. The van der Waals surface area contributed by atoms with Gasteiger partial charge < -0.3 is 25.4 Å². The van der Waals surface area contributed by atoms with Crippen LogP contribution in [-0.2, 0) is 4.79 Å². The highest BCUT2D eigenvalue weighted by Gasteiger charge is 2.13. The Balaban J connectivity index is 0.000000221. The van der Waals surface area contributed by atoms with E-state index < -0.39 is 18.0 Å². The van der Waals surface area contributed by atoms with Gasteiger partial charge in [0.15, 0.2) is 0 Å². The van der Waals surface area contributed by atoms with Crippen LogP contribution >= 0.6 is 0 Å². The highest BCUT2D eigenvalue weighted by molar-refractivity contribution is 5.86. The number of phenolic OH excluding ortho intramolecular Hbond substituents is 1. The SMILES string of the molecule is CNC[C@@H](O)c1cccc(O)c1.COc1ccc2cc([C@H](C)C(=O)O)ccc2c1. The molecule has 0 heterocycles. The number of aliphatic carboxylic acids is 1. The molecule has 0 aliphatic heterocycles. The summed E-state index contributed by atoms with van der Waals surface area (Å²) in [5.41, 5.74) is 1.54. The molecule has 0 bridgehead atoms. The van der Waals surface area contributed by atoms with Crippen molar-refractivity contribution in [1.29, 1.82) is 0 Å². The lowest BCUT2D eigenvalue weighted by Crippen LogP contribution is -2.16. The maximum atomic E-state index is 10.9. The number of fused-ring (bicyclic) bond motifs is 1. The Morgan fingerprint density at radius 1 is 1.03 bits per heavy atom. The van der Waals surface area contributed by atoms with Gasteiger partial charge in [-0.3, -0.25) is 4.79 Å². The van der Waals surface area contributed by atoms with Crippen LogP contribution in [0.15, 0.2) is 60.7 Å². The van der Waals surface area contributed by atoms with E-state index >= 15 is 0 Å². The van der Waals surface area contributed by atoms with Crippen LogP contribution in [-0.4, -0.2) is 42.0 Å². The van der Waals surface area contributed by atoms with Gasteiger partial charge in [0.2, 0.25) is 0 Å². The molecule has 3 aromatic rings. The summed E-state index contributed by atoms with van der Waals surface area (Å²) in [7, 11) is 3.40. The summed E-state index contributed by atoms with van der Waals surface area (Å²) in [6.45, 7) is 2.18. The second-order valence-corrected chi connectivity index (χ2v) is 6.70. The summed E-state index contributed by atoms with van der Waals surface area (Å²) in [6, 6.07) is 18.1. The maximum absolute atomic E-state index is 10.9. The molecule has 0 radical (unpaired) electrons. The van der Waals surface area contributed by atoms with Gasteiger partial charge in [-0.2, -0.15) is 0 Å². The van der Waals surface area contributed by atoms with Crippen LogP contribution in [0.2, 0.25) is 0 Å². The average molecular weight is 397 g/mol. The molecule has 2 atom stereocenters. The van der Waals surface area contributed by atoms with E-state index in [9.17, 15) is 9.90 Å². The van der Waals surface area contributed by atoms with E-state index in [0.29, 0.717) is 6.54 Å². The fourth-order valence-corrected chi connectivity index (χ4v) is 2.82. The standard InChI is InChI=1S/C14H14O3.C9H13NO2/c1-9(14(15)16)10-3-4-12-8-13(17-2)6-5-11(12)7-10;1-10-6-9(12)7-3-2-4-8(11)5-7/h3-9H,1-2H3,(H,15,16);2-5,9-12H,6H2,1H3/t2*9-/m01/s1. The Labute approximate surface area is 170 Å². The van der Waals surface area contributed by atoms with Gasteiger partial charge in [-0.1, -0.05) is 36.4 Å². The number of carbonyl (C=O) groups is 1. The number of aliphatic hydroxyl groups is 1. The minimum atomic E-state index is -0.808. The summed E-state index contributed by atoms with van der Waals surface area (Å²) >= 11 is 0. The predicted molar refractivity (Wildman–Crippen MR) is 114 cm³/mol. The van der Waals surface area contributed by atoms with Gasteiger partial charge >= 0.3 is 5.97 Å². The molecule has 3 aromatic carbocycles. The monoisotopic (exact) mass is 397 g/mol. The van der Waals surface area contributed by atoms with E-state index in [1.54, 1.807) is 45.3 Å². The van der Waals surface area contributed by atoms with Gasteiger partial charge in [-0.25, -0.2) is 0 Å². The first-order valence-electron chi connectivity index (χ1n) is 9.27. The Kier molecular flexibility index (Phi) is 8.00. The fourth-order valence-electron chi connectivity index (χ4n) is 2.82. The van der Waals surface area contributed by atoms with Crippen molar-refractivity contribution in [2.45, 2.75) is 18.9 Å². The first-order chi connectivity index (χ1) is 13.8. The van der Waals surface area contributed by atoms with Gasteiger partial charge in [-0.05, 0) is 60.1 Å². The largest absolute Gasteiger partial charge is 0.508 e. The molecule has 0 saturated carbocycles. The molecule has 154 valence electrons. The van der Waals surface area contributed by atoms with Gasteiger partial charge in [0.1, 0.15) is 11.5 Å². The molecule has 0 aromatic heterocycles. The fraction of sp³-hybridized carbons (Fsp3) is 0.261. The quantitative estimate of drug-likeness (QED) is 0.506. The number of aliphatic hydroxyl groups excluding tert-OH is 1. The summed E-state index contributed by atoms with van der Waals surface area (Å²) < 4.78 is 5.14. The average Bonchev–Trinajstić information content (AvgIpc) is 2.73. The number of aromatic hydroxyl groups is 1. The van der Waals surface area contributed by atoms with Crippen molar-refractivity contribution in [2.75, 3.05) is 20.7 Å². The van der Waals surface area contributed by atoms with Crippen molar-refractivity contribution in [2.24, 2.45) is 0 Å². The van der Waals surface area contributed by atoms with Crippen LogP contribution < -0.4 is 10.1 Å². The van der Waals surface area contributed by atoms with Crippen LogP contribution in [0.5, 0.6) is 11.5 Å².